The van der Waals surface area contributed by atoms with Crippen LogP contribution >= 0.6 is 22.7 Å². The Balaban J connectivity index is 0.000000396. The average Bonchev–Trinajstić information content (AvgIpc) is 3.14. The van der Waals surface area contributed by atoms with E-state index in [2.05, 4.69) is 4.98 Å². The van der Waals surface area contributed by atoms with Crippen LogP contribution in [-0.4, -0.2) is 51.0 Å². The summed E-state index contributed by atoms with van der Waals surface area (Å²) in [6, 6.07) is 2.45. The monoisotopic (exact) mass is 474 g/mol. The van der Waals surface area contributed by atoms with Crippen LogP contribution in [0.15, 0.2) is 23.8 Å². The third kappa shape index (κ3) is 6.52. The third-order valence-corrected chi connectivity index (χ3v) is 5.44. The van der Waals surface area contributed by atoms with Gasteiger partial charge in [-0.15, -0.1) is 22.7 Å². The number of rotatable bonds is 5. The van der Waals surface area contributed by atoms with Gasteiger partial charge in [-0.1, -0.05) is 0 Å². The second-order valence-corrected chi connectivity index (χ2v) is 7.98. The molecule has 0 unspecified atom stereocenters. The first kappa shape index (κ1) is 23.8. The number of thiophene rings is 1. The number of carboxylic acids is 1. The number of ketones is 1. The summed E-state index contributed by atoms with van der Waals surface area (Å²) in [7, 11) is 0. The number of halogens is 6. The summed E-state index contributed by atoms with van der Waals surface area (Å²) in [5, 5.41) is 7.12. The zero-order chi connectivity index (χ0) is 22.7. The van der Waals surface area contributed by atoms with Crippen molar-refractivity contribution in [1.82, 2.24) is 9.88 Å². The van der Waals surface area contributed by atoms with E-state index in [0.717, 1.165) is 23.8 Å². The quantitative estimate of drug-likeness (QED) is 0.513. The van der Waals surface area contributed by atoms with Crippen molar-refractivity contribution in [3.05, 3.63) is 38.5 Å². The lowest BCUT2D eigenvalue weighted by Gasteiger charge is -2.20. The van der Waals surface area contributed by atoms with E-state index in [-0.39, 0.29) is 16.8 Å². The summed E-state index contributed by atoms with van der Waals surface area (Å²) >= 11 is 2.01. The highest BCUT2D eigenvalue weighted by Gasteiger charge is 2.41. The average molecular weight is 474 g/mol. The normalized spacial score (nSPS) is 13.9. The number of amides is 1. The van der Waals surface area contributed by atoms with Crippen molar-refractivity contribution in [3.63, 3.8) is 0 Å². The molecule has 0 bridgehead atoms. The van der Waals surface area contributed by atoms with Crippen LogP contribution in [-0.2, 0) is 11.3 Å². The van der Waals surface area contributed by atoms with Gasteiger partial charge in [0.1, 0.15) is 0 Å². The van der Waals surface area contributed by atoms with Crippen molar-refractivity contribution < 1.29 is 45.8 Å². The molecule has 164 valence electrons. The second-order valence-electron chi connectivity index (χ2n) is 5.93. The lowest BCUT2D eigenvalue weighted by atomic mass is 10.3. The van der Waals surface area contributed by atoms with Crippen molar-refractivity contribution in [2.24, 2.45) is 0 Å². The molecule has 1 fully saturated rings. The van der Waals surface area contributed by atoms with Crippen LogP contribution in [0.3, 0.4) is 0 Å². The van der Waals surface area contributed by atoms with Crippen molar-refractivity contribution in [2.45, 2.75) is 37.8 Å². The molecule has 0 spiro atoms. The lowest BCUT2D eigenvalue weighted by Crippen LogP contribution is -2.31. The maximum absolute atomic E-state index is 12.6. The Labute approximate surface area is 172 Å². The van der Waals surface area contributed by atoms with Gasteiger partial charge in [-0.05, 0) is 25.0 Å². The zero-order valence-electron chi connectivity index (χ0n) is 14.7. The molecular weight excluding hydrogens is 462 g/mol. The molecule has 2 aromatic rings. The Morgan fingerprint density at radius 3 is 2.07 bits per heavy atom. The van der Waals surface area contributed by atoms with Crippen LogP contribution in [0.4, 0.5) is 26.3 Å². The van der Waals surface area contributed by atoms with Crippen LogP contribution < -0.4 is 0 Å². The number of aliphatic carboxylic acids is 1. The first-order valence-electron chi connectivity index (χ1n) is 8.00. The molecule has 2 heterocycles. The summed E-state index contributed by atoms with van der Waals surface area (Å²) in [5.41, 5.74) is 1.66. The van der Waals surface area contributed by atoms with Crippen LogP contribution in [0, 0.1) is 0 Å². The predicted molar refractivity (Wildman–Crippen MR) is 93.4 cm³/mol. The molecule has 0 saturated heterocycles. The van der Waals surface area contributed by atoms with Crippen molar-refractivity contribution in [1.29, 1.82) is 0 Å². The van der Waals surface area contributed by atoms with Gasteiger partial charge >= 0.3 is 18.3 Å². The minimum atomic E-state index is -5.08. The number of carbonyl (C=O) groups is 3. The van der Waals surface area contributed by atoms with Crippen LogP contribution in [0.2, 0.25) is 0 Å². The number of hydrogen-bond acceptors (Lipinski definition) is 6. The van der Waals surface area contributed by atoms with Crippen molar-refractivity contribution >= 4 is 40.3 Å². The molecule has 1 N–H and O–H groups in total. The maximum atomic E-state index is 12.6. The highest BCUT2D eigenvalue weighted by molar-refractivity contribution is 7.16. The fraction of sp³-hybridized carbons (Fsp3) is 0.375. The minimum Gasteiger partial charge on any atom is -0.475 e. The lowest BCUT2D eigenvalue weighted by molar-refractivity contribution is -0.192. The third-order valence-electron chi connectivity index (χ3n) is 3.60. The molecule has 1 saturated carbocycles. The molecule has 0 radical (unpaired) electrons. The molecular formula is C16H12F6N2O4S2. The summed E-state index contributed by atoms with van der Waals surface area (Å²) in [4.78, 5) is 38.9. The molecule has 6 nitrogen and oxygen atoms in total. The minimum absolute atomic E-state index is 0.105. The van der Waals surface area contributed by atoms with Gasteiger partial charge in [0.05, 0.1) is 21.8 Å². The Kier molecular flexibility index (Phi) is 7.23. The van der Waals surface area contributed by atoms with Gasteiger partial charge < -0.3 is 10.0 Å². The number of carboxylic acid groups (broad SMARTS) is 1. The number of thiazole rings is 1. The summed E-state index contributed by atoms with van der Waals surface area (Å²) in [6.45, 7) is 0.384. The van der Waals surface area contributed by atoms with Crippen molar-refractivity contribution in [3.8, 4) is 0 Å². The molecule has 1 amide bonds. The number of hydrogen-bond donors (Lipinski definition) is 1. The summed E-state index contributed by atoms with van der Waals surface area (Å²) in [5.74, 6) is -5.01. The van der Waals surface area contributed by atoms with Gasteiger partial charge in [0, 0.05) is 17.1 Å². The fourth-order valence-corrected chi connectivity index (χ4v) is 3.61. The summed E-state index contributed by atoms with van der Waals surface area (Å²) in [6.07, 6.45) is -6.58. The second kappa shape index (κ2) is 9.12. The van der Waals surface area contributed by atoms with Gasteiger partial charge in [-0.2, -0.15) is 26.3 Å². The van der Waals surface area contributed by atoms with Crippen molar-refractivity contribution in [2.75, 3.05) is 0 Å². The Bertz CT molecular complexity index is 904. The molecule has 14 heteroatoms. The highest BCUT2D eigenvalue weighted by Crippen LogP contribution is 2.33. The molecule has 3 rings (SSSR count). The van der Waals surface area contributed by atoms with Gasteiger partial charge in [-0.25, -0.2) is 4.79 Å². The predicted octanol–water partition coefficient (Wildman–Crippen LogP) is 4.39. The Morgan fingerprint density at radius 1 is 1.07 bits per heavy atom. The zero-order valence-corrected chi connectivity index (χ0v) is 16.3. The number of Topliss-reactive ketones (excluding diaryl/α,β-unsaturated/α-hetero) is 1. The Hall–Kier alpha value is -2.48. The molecule has 30 heavy (non-hydrogen) atoms. The van der Waals surface area contributed by atoms with E-state index in [0.29, 0.717) is 17.9 Å². The number of alkyl halides is 6. The van der Waals surface area contributed by atoms with Crippen LogP contribution in [0.1, 0.15) is 37.1 Å². The van der Waals surface area contributed by atoms with Gasteiger partial charge in [-0.3, -0.25) is 14.6 Å². The molecule has 2 aromatic heterocycles. The SMILES string of the molecule is O=C(O)C(F)(F)F.O=C(c1ccc(C(=O)C(F)(F)F)s1)N(Cc1cncs1)C1CC1. The first-order chi connectivity index (χ1) is 13.8. The maximum Gasteiger partial charge on any atom is 0.490 e. The van der Waals surface area contributed by atoms with E-state index in [1.54, 1.807) is 16.6 Å². The number of nitrogens with zero attached hydrogens (tertiary/aromatic N) is 2. The van der Waals surface area contributed by atoms with E-state index in [1.807, 2.05) is 0 Å². The van der Waals surface area contributed by atoms with E-state index < -0.39 is 29.0 Å². The number of aromatic nitrogens is 1. The molecule has 1 aliphatic carbocycles. The standard InChI is InChI=1S/C14H11F3N2O2S2.C2HF3O2/c15-14(16,17)12(20)10-3-4-11(23-10)13(21)19(8-1-2-8)6-9-5-18-7-22-9;3-2(4,5)1(6)7/h3-5,7-8H,1-2,6H2;(H,6,7). The summed E-state index contributed by atoms with van der Waals surface area (Å²) < 4.78 is 69.1. The van der Waals surface area contributed by atoms with Crippen LogP contribution in [0.5, 0.6) is 0 Å². The van der Waals surface area contributed by atoms with Crippen LogP contribution in [0.25, 0.3) is 0 Å². The first-order valence-corrected chi connectivity index (χ1v) is 9.70. The molecule has 0 aromatic carbocycles. The Morgan fingerprint density at radius 2 is 1.63 bits per heavy atom. The van der Waals surface area contributed by atoms with Gasteiger partial charge in [0.15, 0.2) is 0 Å². The topological polar surface area (TPSA) is 87.6 Å². The van der Waals surface area contributed by atoms with E-state index in [1.165, 1.54) is 17.4 Å². The molecule has 0 aliphatic heterocycles. The molecule has 0 atom stereocenters. The smallest absolute Gasteiger partial charge is 0.475 e. The largest absolute Gasteiger partial charge is 0.490 e. The van der Waals surface area contributed by atoms with E-state index in [9.17, 15) is 35.9 Å². The van der Waals surface area contributed by atoms with E-state index >= 15 is 0 Å². The fourth-order valence-electron chi connectivity index (χ4n) is 2.10. The number of carbonyl (C=O) groups excluding carboxylic acids is 2. The highest BCUT2D eigenvalue weighted by atomic mass is 32.1. The van der Waals surface area contributed by atoms with Gasteiger partial charge in [0.2, 0.25) is 0 Å². The van der Waals surface area contributed by atoms with E-state index in [4.69, 9.17) is 9.90 Å². The molecule has 1 aliphatic rings. The van der Waals surface area contributed by atoms with Gasteiger partial charge in [0.25, 0.3) is 11.7 Å².